The summed E-state index contributed by atoms with van der Waals surface area (Å²) in [4.78, 5) is 0. The molecule has 2 bridgehead atoms. The first-order chi connectivity index (χ1) is 8.85. The lowest BCUT2D eigenvalue weighted by molar-refractivity contribution is -0.453. The molecular formula is C15H21NO3. The Hall–Kier alpha value is -1.07. The smallest absolute Gasteiger partial charge is 0.316 e. The van der Waals surface area contributed by atoms with Crippen LogP contribution in [0.2, 0.25) is 0 Å². The molecule has 19 heavy (non-hydrogen) atoms. The average Bonchev–Trinajstić information content (AvgIpc) is 2.37. The molecule has 0 saturated carbocycles. The van der Waals surface area contributed by atoms with E-state index in [1.165, 1.54) is 0 Å². The Morgan fingerprint density at radius 1 is 1.26 bits per heavy atom. The lowest BCUT2D eigenvalue weighted by Gasteiger charge is -2.52. The third-order valence-electron chi connectivity index (χ3n) is 3.38. The Kier molecular flexibility index (Phi) is 3.62. The maximum absolute atomic E-state index is 9.31. The van der Waals surface area contributed by atoms with Crippen LogP contribution in [0.5, 0.6) is 0 Å². The van der Waals surface area contributed by atoms with Crippen LogP contribution in [-0.2, 0) is 14.2 Å². The Morgan fingerprint density at radius 3 is 2.37 bits per heavy atom. The highest BCUT2D eigenvalue weighted by Crippen LogP contribution is 2.45. The molecule has 3 heterocycles. The molecule has 4 nitrogen and oxygen atoms in total. The van der Waals surface area contributed by atoms with Gasteiger partial charge in [0.05, 0.1) is 24.7 Å². The lowest BCUT2D eigenvalue weighted by Crippen LogP contribution is -2.63. The van der Waals surface area contributed by atoms with Crippen molar-refractivity contribution in [2.24, 2.45) is 10.8 Å². The van der Waals surface area contributed by atoms with Crippen LogP contribution < -0.4 is 0 Å². The van der Waals surface area contributed by atoms with Crippen LogP contribution in [0.25, 0.3) is 0 Å². The van der Waals surface area contributed by atoms with Crippen LogP contribution in [0.3, 0.4) is 0 Å². The standard InChI is InChI=1S/C15H21NO3/c1-5-6-14-10-17-15(18-11-14,19-12(14)9-16)8-7-13(2,3)4/h12H,5-6,10-11H2,1-4H3. The predicted octanol–water partition coefficient (Wildman–Crippen LogP) is 2.45. The monoisotopic (exact) mass is 263 g/mol. The van der Waals surface area contributed by atoms with Gasteiger partial charge in [-0.05, 0) is 33.1 Å². The quantitative estimate of drug-likeness (QED) is 0.718. The number of nitriles is 1. The second-order valence-corrected chi connectivity index (χ2v) is 6.37. The number of ether oxygens (including phenoxy) is 3. The van der Waals surface area contributed by atoms with Crippen LogP contribution in [0, 0.1) is 34.0 Å². The third kappa shape index (κ3) is 2.77. The Labute approximate surface area is 115 Å². The van der Waals surface area contributed by atoms with Gasteiger partial charge < -0.3 is 9.47 Å². The number of rotatable bonds is 2. The summed E-state index contributed by atoms with van der Waals surface area (Å²) in [5.41, 5.74) is -0.503. The molecule has 0 aromatic rings. The van der Waals surface area contributed by atoms with Crippen molar-refractivity contribution >= 4 is 0 Å². The average molecular weight is 263 g/mol. The molecule has 3 fully saturated rings. The van der Waals surface area contributed by atoms with Gasteiger partial charge in [0.15, 0.2) is 6.10 Å². The van der Waals surface area contributed by atoms with Crippen molar-refractivity contribution < 1.29 is 14.2 Å². The molecule has 0 spiro atoms. The van der Waals surface area contributed by atoms with Gasteiger partial charge in [-0.2, -0.15) is 5.26 Å². The van der Waals surface area contributed by atoms with Crippen LogP contribution in [-0.4, -0.2) is 25.3 Å². The molecule has 0 aliphatic carbocycles. The molecular weight excluding hydrogens is 242 g/mol. The van der Waals surface area contributed by atoms with Gasteiger partial charge in [-0.15, -0.1) is 0 Å². The maximum Gasteiger partial charge on any atom is 0.354 e. The molecule has 0 aromatic heterocycles. The van der Waals surface area contributed by atoms with Crippen molar-refractivity contribution in [3.63, 3.8) is 0 Å². The highest BCUT2D eigenvalue weighted by molar-refractivity contribution is 5.17. The zero-order chi connectivity index (χ0) is 14.1. The molecule has 3 saturated heterocycles. The normalized spacial score (nSPS) is 37.3. The molecule has 0 N–H and O–H groups in total. The van der Waals surface area contributed by atoms with Crippen molar-refractivity contribution in [1.82, 2.24) is 0 Å². The number of hydrogen-bond donors (Lipinski definition) is 0. The first-order valence-electron chi connectivity index (χ1n) is 6.74. The molecule has 3 rings (SSSR count). The van der Waals surface area contributed by atoms with E-state index in [4.69, 9.17) is 14.2 Å². The molecule has 3 aliphatic rings. The van der Waals surface area contributed by atoms with Gasteiger partial charge in [-0.1, -0.05) is 19.3 Å². The summed E-state index contributed by atoms with van der Waals surface area (Å²) in [5, 5.41) is 9.31. The minimum Gasteiger partial charge on any atom is -0.316 e. The van der Waals surface area contributed by atoms with Crippen molar-refractivity contribution in [1.29, 1.82) is 5.26 Å². The van der Waals surface area contributed by atoms with Crippen LogP contribution in [0.4, 0.5) is 0 Å². The van der Waals surface area contributed by atoms with Crippen molar-refractivity contribution in [2.75, 3.05) is 13.2 Å². The lowest BCUT2D eigenvalue weighted by atomic mass is 9.78. The number of hydrogen-bond acceptors (Lipinski definition) is 4. The molecule has 3 aliphatic heterocycles. The highest BCUT2D eigenvalue weighted by Gasteiger charge is 2.58. The topological polar surface area (TPSA) is 51.5 Å². The summed E-state index contributed by atoms with van der Waals surface area (Å²) in [5.74, 6) is 4.64. The summed E-state index contributed by atoms with van der Waals surface area (Å²) in [7, 11) is 0. The number of nitrogens with zero attached hydrogens (tertiary/aromatic N) is 1. The Bertz CT molecular complexity index is 439. The summed E-state index contributed by atoms with van der Waals surface area (Å²) >= 11 is 0. The zero-order valence-electron chi connectivity index (χ0n) is 12.1. The summed E-state index contributed by atoms with van der Waals surface area (Å²) in [6.45, 7) is 9.04. The fourth-order valence-electron chi connectivity index (χ4n) is 2.36. The summed E-state index contributed by atoms with van der Waals surface area (Å²) < 4.78 is 17.1. The Balaban J connectivity index is 2.22. The minimum absolute atomic E-state index is 0.164. The summed E-state index contributed by atoms with van der Waals surface area (Å²) in [6.07, 6.45) is 1.31. The second-order valence-electron chi connectivity index (χ2n) is 6.37. The fraction of sp³-hybridized carbons (Fsp3) is 0.800. The van der Waals surface area contributed by atoms with Gasteiger partial charge in [0.2, 0.25) is 0 Å². The van der Waals surface area contributed by atoms with Gasteiger partial charge >= 0.3 is 5.97 Å². The first kappa shape index (κ1) is 14.3. The SMILES string of the molecule is CCCC12COC(C#CC(C)(C)C)(OC1)OC2C#N. The van der Waals surface area contributed by atoms with E-state index < -0.39 is 12.1 Å². The van der Waals surface area contributed by atoms with Gasteiger partial charge in [0, 0.05) is 5.41 Å². The second kappa shape index (κ2) is 4.80. The third-order valence-corrected chi connectivity index (χ3v) is 3.38. The van der Waals surface area contributed by atoms with E-state index in [9.17, 15) is 5.26 Å². The molecule has 4 heteroatoms. The fourth-order valence-corrected chi connectivity index (χ4v) is 2.36. The zero-order valence-corrected chi connectivity index (χ0v) is 12.1. The van der Waals surface area contributed by atoms with Crippen molar-refractivity contribution in [3.8, 4) is 17.9 Å². The predicted molar refractivity (Wildman–Crippen MR) is 69.7 cm³/mol. The molecule has 0 amide bonds. The van der Waals surface area contributed by atoms with Crippen molar-refractivity contribution in [3.05, 3.63) is 0 Å². The first-order valence-corrected chi connectivity index (χ1v) is 6.74. The molecule has 104 valence electrons. The highest BCUT2D eigenvalue weighted by atomic mass is 16.9. The van der Waals surface area contributed by atoms with E-state index in [0.29, 0.717) is 13.2 Å². The largest absolute Gasteiger partial charge is 0.354 e. The van der Waals surface area contributed by atoms with Crippen LogP contribution in [0.1, 0.15) is 40.5 Å². The van der Waals surface area contributed by atoms with E-state index in [1.807, 2.05) is 20.8 Å². The van der Waals surface area contributed by atoms with E-state index in [0.717, 1.165) is 12.8 Å². The van der Waals surface area contributed by atoms with E-state index in [2.05, 4.69) is 24.8 Å². The van der Waals surface area contributed by atoms with Gasteiger partial charge in [0.25, 0.3) is 0 Å². The molecule has 1 unspecified atom stereocenters. The van der Waals surface area contributed by atoms with E-state index >= 15 is 0 Å². The molecule has 1 atom stereocenters. The van der Waals surface area contributed by atoms with E-state index in [-0.39, 0.29) is 10.8 Å². The van der Waals surface area contributed by atoms with Crippen LogP contribution in [0.15, 0.2) is 0 Å². The number of fused-ring (bicyclic) bond motifs is 3. The summed E-state index contributed by atoms with van der Waals surface area (Å²) in [6, 6.07) is 2.23. The molecule has 0 radical (unpaired) electrons. The van der Waals surface area contributed by atoms with E-state index in [1.54, 1.807) is 0 Å². The van der Waals surface area contributed by atoms with Crippen molar-refractivity contribution in [2.45, 2.75) is 52.6 Å². The van der Waals surface area contributed by atoms with Gasteiger partial charge in [0.1, 0.15) is 0 Å². The minimum atomic E-state index is -1.34. The molecule has 0 aromatic carbocycles. The van der Waals surface area contributed by atoms with Gasteiger partial charge in [-0.3, -0.25) is 4.74 Å². The van der Waals surface area contributed by atoms with Gasteiger partial charge in [-0.25, -0.2) is 0 Å². The maximum atomic E-state index is 9.31. The Morgan fingerprint density at radius 2 is 1.89 bits per heavy atom. The van der Waals surface area contributed by atoms with Crippen LogP contribution >= 0.6 is 0 Å².